The topological polar surface area (TPSA) is 71.2 Å². The molecule has 6 nitrogen and oxygen atoms in total. The van der Waals surface area contributed by atoms with Crippen LogP contribution in [0.25, 0.3) is 16.5 Å². The number of aromatic nitrogens is 2. The van der Waals surface area contributed by atoms with Crippen molar-refractivity contribution in [1.29, 1.82) is 5.26 Å². The lowest BCUT2D eigenvalue weighted by Crippen LogP contribution is -2.52. The summed E-state index contributed by atoms with van der Waals surface area (Å²) in [5.74, 6) is 0. The lowest BCUT2D eigenvalue weighted by molar-refractivity contribution is -0.0165. The highest BCUT2D eigenvalue weighted by molar-refractivity contribution is 5.82. The molecule has 1 aliphatic heterocycles. The average molecular weight is 338 g/mol. The van der Waals surface area contributed by atoms with E-state index in [-0.39, 0.29) is 16.7 Å². The van der Waals surface area contributed by atoms with Gasteiger partial charge in [-0.15, -0.1) is 0 Å². The fraction of sp³-hybridized carbons (Fsp3) is 0.421. The number of nitriles is 1. The first-order chi connectivity index (χ1) is 11.9. The van der Waals surface area contributed by atoms with Crippen molar-refractivity contribution in [3.8, 4) is 6.07 Å². The molecule has 0 unspecified atom stereocenters. The molecule has 2 aromatic heterocycles. The summed E-state index contributed by atoms with van der Waals surface area (Å²) in [6.45, 7) is 9.23. The predicted molar refractivity (Wildman–Crippen MR) is 98.0 cm³/mol. The maximum atomic E-state index is 12.8. The molecule has 0 aromatic carbocycles. The second kappa shape index (κ2) is 6.34. The Balaban J connectivity index is 2.14. The highest BCUT2D eigenvalue weighted by Crippen LogP contribution is 2.25. The van der Waals surface area contributed by atoms with Gasteiger partial charge in [0.25, 0.3) is 5.56 Å². The van der Waals surface area contributed by atoms with E-state index in [9.17, 15) is 10.1 Å². The highest BCUT2D eigenvalue weighted by Gasteiger charge is 2.31. The minimum atomic E-state index is -0.305. The largest absolute Gasteiger partial charge is 0.378 e. The summed E-state index contributed by atoms with van der Waals surface area (Å²) in [6.07, 6.45) is 3.31. The third-order valence-electron chi connectivity index (χ3n) is 5.00. The number of methoxy groups -OCH3 is 1. The first-order valence-corrected chi connectivity index (χ1v) is 8.31. The smallest absolute Gasteiger partial charge is 0.287 e. The zero-order chi connectivity index (χ0) is 18.2. The summed E-state index contributed by atoms with van der Waals surface area (Å²) in [5.41, 5.74) is 1.95. The Morgan fingerprint density at radius 2 is 2.08 bits per heavy atom. The standard InChI is InChI=1S/C19H22N4O2/c1-13(2)16-10-14-9-15(11-20)18(24)23(17(14)12-21-16)22-7-5-19(3,25-4)6-8-22/h9-10,12H,1,5-8H2,2-4H3. The number of ether oxygens (including phenoxy) is 1. The Morgan fingerprint density at radius 3 is 2.64 bits per heavy atom. The molecule has 6 heteroatoms. The molecule has 3 rings (SSSR count). The molecule has 1 aliphatic rings. The molecule has 1 fully saturated rings. The van der Waals surface area contributed by atoms with E-state index < -0.39 is 0 Å². The number of pyridine rings is 2. The molecule has 1 saturated heterocycles. The SMILES string of the molecule is C=C(C)c1cc2cc(C#N)c(=O)n(N3CCC(C)(OC)CC3)c2cn1. The van der Waals surface area contributed by atoms with Gasteiger partial charge in [0.1, 0.15) is 11.6 Å². The third kappa shape index (κ3) is 3.03. The van der Waals surface area contributed by atoms with Crippen LogP contribution in [0.15, 0.2) is 29.7 Å². The van der Waals surface area contributed by atoms with E-state index in [0.717, 1.165) is 29.5 Å². The normalized spacial score (nSPS) is 16.6. The van der Waals surface area contributed by atoms with E-state index in [2.05, 4.69) is 18.5 Å². The lowest BCUT2D eigenvalue weighted by Gasteiger charge is -2.40. The number of fused-ring (bicyclic) bond motifs is 1. The van der Waals surface area contributed by atoms with Crippen LogP contribution >= 0.6 is 0 Å². The molecule has 25 heavy (non-hydrogen) atoms. The molecular formula is C19H22N4O2. The Labute approximate surface area is 146 Å². The van der Waals surface area contributed by atoms with Crippen LogP contribution in [-0.4, -0.2) is 35.5 Å². The van der Waals surface area contributed by atoms with Gasteiger partial charge in [-0.25, -0.2) is 4.68 Å². The van der Waals surface area contributed by atoms with E-state index >= 15 is 0 Å². The molecule has 0 spiro atoms. The van der Waals surface area contributed by atoms with Gasteiger partial charge in [-0.05, 0) is 44.4 Å². The summed E-state index contributed by atoms with van der Waals surface area (Å²) in [5, 5.41) is 12.2. The van der Waals surface area contributed by atoms with Gasteiger partial charge in [0.05, 0.1) is 23.0 Å². The van der Waals surface area contributed by atoms with Crippen LogP contribution in [0.5, 0.6) is 0 Å². The number of nitrogens with zero attached hydrogens (tertiary/aromatic N) is 4. The predicted octanol–water partition coefficient (Wildman–Crippen LogP) is 2.44. The van der Waals surface area contributed by atoms with Gasteiger partial charge < -0.3 is 9.75 Å². The van der Waals surface area contributed by atoms with Crippen LogP contribution < -0.4 is 10.6 Å². The van der Waals surface area contributed by atoms with Crippen molar-refractivity contribution in [3.05, 3.63) is 46.5 Å². The molecule has 0 bridgehead atoms. The third-order valence-corrected chi connectivity index (χ3v) is 5.00. The number of hydrogen-bond donors (Lipinski definition) is 0. The summed E-state index contributed by atoms with van der Waals surface area (Å²) in [7, 11) is 1.72. The molecule has 0 atom stereocenters. The molecule has 0 aliphatic carbocycles. The van der Waals surface area contributed by atoms with Crippen molar-refractivity contribution < 1.29 is 4.74 Å². The van der Waals surface area contributed by atoms with Crippen LogP contribution in [0.4, 0.5) is 0 Å². The summed E-state index contributed by atoms with van der Waals surface area (Å²) in [6, 6.07) is 5.52. The van der Waals surface area contributed by atoms with Gasteiger partial charge in [0.15, 0.2) is 0 Å². The monoisotopic (exact) mass is 338 g/mol. The minimum absolute atomic E-state index is 0.131. The zero-order valence-corrected chi connectivity index (χ0v) is 14.9. The van der Waals surface area contributed by atoms with Gasteiger partial charge >= 0.3 is 0 Å². The molecule has 0 saturated carbocycles. The average Bonchev–Trinajstić information content (AvgIpc) is 2.62. The number of piperidine rings is 1. The molecular weight excluding hydrogens is 316 g/mol. The molecule has 3 heterocycles. The van der Waals surface area contributed by atoms with Gasteiger partial charge in [-0.1, -0.05) is 6.58 Å². The van der Waals surface area contributed by atoms with Crippen molar-refractivity contribution in [3.63, 3.8) is 0 Å². The maximum Gasteiger partial charge on any atom is 0.287 e. The fourth-order valence-corrected chi connectivity index (χ4v) is 3.16. The van der Waals surface area contributed by atoms with Gasteiger partial charge in [-0.2, -0.15) is 5.26 Å². The Morgan fingerprint density at radius 1 is 1.40 bits per heavy atom. The number of hydrogen-bond acceptors (Lipinski definition) is 5. The van der Waals surface area contributed by atoms with Gasteiger partial charge in [0, 0.05) is 25.6 Å². The second-order valence-corrected chi connectivity index (χ2v) is 6.80. The summed E-state index contributed by atoms with van der Waals surface area (Å²) >= 11 is 0. The van der Waals surface area contributed by atoms with Crippen LogP contribution in [-0.2, 0) is 4.74 Å². The van der Waals surface area contributed by atoms with Crippen LogP contribution in [0, 0.1) is 11.3 Å². The minimum Gasteiger partial charge on any atom is -0.378 e. The van der Waals surface area contributed by atoms with Crippen molar-refractivity contribution >= 4 is 16.5 Å². The summed E-state index contributed by atoms with van der Waals surface area (Å²) < 4.78 is 7.17. The molecule has 0 N–H and O–H groups in total. The highest BCUT2D eigenvalue weighted by atomic mass is 16.5. The van der Waals surface area contributed by atoms with Crippen LogP contribution in [0.2, 0.25) is 0 Å². The van der Waals surface area contributed by atoms with E-state index in [1.165, 1.54) is 0 Å². The van der Waals surface area contributed by atoms with E-state index in [1.807, 2.05) is 24.1 Å². The molecule has 0 radical (unpaired) electrons. The van der Waals surface area contributed by atoms with Crippen molar-refractivity contribution in [2.24, 2.45) is 0 Å². The first kappa shape index (κ1) is 17.2. The van der Waals surface area contributed by atoms with E-state index in [1.54, 1.807) is 24.0 Å². The molecule has 130 valence electrons. The van der Waals surface area contributed by atoms with Crippen LogP contribution in [0.3, 0.4) is 0 Å². The second-order valence-electron chi connectivity index (χ2n) is 6.80. The number of rotatable bonds is 3. The Kier molecular flexibility index (Phi) is 4.36. The first-order valence-electron chi connectivity index (χ1n) is 8.31. The van der Waals surface area contributed by atoms with E-state index in [4.69, 9.17) is 4.74 Å². The molecule has 2 aromatic rings. The Hall–Kier alpha value is -2.65. The summed E-state index contributed by atoms with van der Waals surface area (Å²) in [4.78, 5) is 17.2. The Bertz CT molecular complexity index is 931. The fourth-order valence-electron chi connectivity index (χ4n) is 3.16. The van der Waals surface area contributed by atoms with E-state index in [0.29, 0.717) is 18.6 Å². The zero-order valence-electron chi connectivity index (χ0n) is 14.9. The quantitative estimate of drug-likeness (QED) is 0.859. The van der Waals surface area contributed by atoms with Crippen molar-refractivity contribution in [2.75, 3.05) is 25.2 Å². The van der Waals surface area contributed by atoms with Crippen LogP contribution in [0.1, 0.15) is 37.9 Å². The lowest BCUT2D eigenvalue weighted by atomic mass is 9.94. The van der Waals surface area contributed by atoms with Crippen molar-refractivity contribution in [1.82, 2.24) is 9.66 Å². The van der Waals surface area contributed by atoms with Gasteiger partial charge in [-0.3, -0.25) is 9.78 Å². The van der Waals surface area contributed by atoms with Gasteiger partial charge in [0.2, 0.25) is 0 Å². The molecule has 0 amide bonds. The van der Waals surface area contributed by atoms with Crippen molar-refractivity contribution in [2.45, 2.75) is 32.3 Å². The maximum absolute atomic E-state index is 12.8. The number of allylic oxidation sites excluding steroid dienone is 1.